The molecule has 2 aromatic carbocycles. The van der Waals surface area contributed by atoms with Crippen LogP contribution in [0, 0.1) is 0 Å². The average molecular weight is 430 g/mol. The summed E-state index contributed by atoms with van der Waals surface area (Å²) in [7, 11) is -4.29. The first-order valence-corrected chi connectivity index (χ1v) is 9.69. The van der Waals surface area contributed by atoms with E-state index in [9.17, 15) is 31.2 Å². The summed E-state index contributed by atoms with van der Waals surface area (Å²) < 4.78 is 69.5. The van der Waals surface area contributed by atoms with Crippen molar-refractivity contribution in [1.29, 1.82) is 0 Å². The zero-order chi connectivity index (χ0) is 21.7. The number of carbonyl (C=O) groups excluding carboxylic acids is 2. The van der Waals surface area contributed by atoms with Crippen molar-refractivity contribution >= 4 is 21.9 Å². The van der Waals surface area contributed by atoms with E-state index in [1.807, 2.05) is 4.72 Å². The van der Waals surface area contributed by atoms with E-state index in [2.05, 4.69) is 0 Å². The van der Waals surface area contributed by atoms with E-state index in [4.69, 9.17) is 10.5 Å². The van der Waals surface area contributed by atoms with Gasteiger partial charge in [-0.1, -0.05) is 36.4 Å². The van der Waals surface area contributed by atoms with Gasteiger partial charge in [-0.15, -0.1) is 0 Å². The summed E-state index contributed by atoms with van der Waals surface area (Å²) in [6, 6.07) is 11.1. The van der Waals surface area contributed by atoms with Gasteiger partial charge in [0.1, 0.15) is 0 Å². The first kappa shape index (κ1) is 22.4. The van der Waals surface area contributed by atoms with Gasteiger partial charge in [0.05, 0.1) is 16.9 Å². The minimum Gasteiger partial charge on any atom is -0.447 e. The first-order chi connectivity index (χ1) is 13.5. The largest absolute Gasteiger partial charge is 0.447 e. The van der Waals surface area contributed by atoms with Crippen molar-refractivity contribution in [3.05, 3.63) is 65.7 Å². The van der Waals surface area contributed by atoms with Crippen molar-refractivity contribution in [3.63, 3.8) is 0 Å². The van der Waals surface area contributed by atoms with Crippen LogP contribution in [0.5, 0.6) is 0 Å². The van der Waals surface area contributed by atoms with Crippen LogP contribution in [0.15, 0.2) is 59.5 Å². The number of amides is 1. The predicted octanol–water partition coefficient (Wildman–Crippen LogP) is 2.14. The molecule has 156 valence electrons. The monoisotopic (exact) mass is 430 g/mol. The zero-order valence-electron chi connectivity index (χ0n) is 14.8. The number of ether oxygens (including phenoxy) is 1. The third kappa shape index (κ3) is 6.29. The second kappa shape index (κ2) is 9.05. The van der Waals surface area contributed by atoms with Crippen molar-refractivity contribution in [2.75, 3.05) is 6.54 Å². The molecule has 1 unspecified atom stereocenters. The number of esters is 1. The van der Waals surface area contributed by atoms with Crippen LogP contribution in [0.1, 0.15) is 23.7 Å². The van der Waals surface area contributed by atoms with Crippen molar-refractivity contribution in [2.45, 2.75) is 23.6 Å². The van der Waals surface area contributed by atoms with Crippen LogP contribution < -0.4 is 10.5 Å². The molecule has 0 bridgehead atoms. The number of halogens is 3. The molecule has 0 aromatic heterocycles. The molecule has 7 nitrogen and oxygen atoms in total. The predicted molar refractivity (Wildman–Crippen MR) is 95.7 cm³/mol. The summed E-state index contributed by atoms with van der Waals surface area (Å²) in [5, 5.41) is 0. The summed E-state index contributed by atoms with van der Waals surface area (Å²) in [6.07, 6.45) is -6.51. The summed E-state index contributed by atoms with van der Waals surface area (Å²) in [4.78, 5) is 22.8. The van der Waals surface area contributed by atoms with Crippen molar-refractivity contribution in [1.82, 2.24) is 4.72 Å². The molecule has 0 aliphatic rings. The SMILES string of the molecule is NC(=O)C(OC(=O)CCNS(=O)(=O)c1cccc(C(F)(F)F)c1)c1ccccc1. The Morgan fingerprint density at radius 3 is 2.31 bits per heavy atom. The second-order valence-corrected chi connectivity index (χ2v) is 7.62. The molecular formula is C18H17F3N2O5S. The molecule has 1 amide bonds. The molecular weight excluding hydrogens is 413 g/mol. The Hall–Kier alpha value is -2.92. The molecule has 0 aliphatic heterocycles. The number of rotatable bonds is 8. The smallest absolute Gasteiger partial charge is 0.416 e. The third-order valence-electron chi connectivity index (χ3n) is 3.70. The molecule has 0 spiro atoms. The lowest BCUT2D eigenvalue weighted by Crippen LogP contribution is -2.29. The normalized spacial score (nSPS) is 12.9. The number of nitrogens with one attached hydrogen (secondary N) is 1. The maximum atomic E-state index is 12.7. The number of primary amides is 1. The Labute approximate surface area is 164 Å². The molecule has 29 heavy (non-hydrogen) atoms. The van der Waals surface area contributed by atoms with E-state index in [0.29, 0.717) is 11.6 Å². The molecule has 0 saturated carbocycles. The van der Waals surface area contributed by atoms with Gasteiger partial charge in [-0.2, -0.15) is 13.2 Å². The Bertz CT molecular complexity index is 978. The topological polar surface area (TPSA) is 116 Å². The number of carbonyl (C=O) groups is 2. The van der Waals surface area contributed by atoms with Gasteiger partial charge >= 0.3 is 12.1 Å². The van der Waals surface area contributed by atoms with E-state index < -0.39 is 57.6 Å². The third-order valence-corrected chi connectivity index (χ3v) is 5.16. The van der Waals surface area contributed by atoms with E-state index >= 15 is 0 Å². The van der Waals surface area contributed by atoms with Crippen molar-refractivity contribution < 1.29 is 35.9 Å². The fourth-order valence-corrected chi connectivity index (χ4v) is 3.40. The number of alkyl halides is 3. The van der Waals surface area contributed by atoms with E-state index in [1.165, 1.54) is 12.1 Å². The summed E-state index contributed by atoms with van der Waals surface area (Å²) in [6.45, 7) is -0.447. The summed E-state index contributed by atoms with van der Waals surface area (Å²) in [5.41, 5.74) is 4.45. The van der Waals surface area contributed by atoms with Gasteiger partial charge in [0.25, 0.3) is 5.91 Å². The fraction of sp³-hybridized carbons (Fsp3) is 0.222. The molecule has 3 N–H and O–H groups in total. The first-order valence-electron chi connectivity index (χ1n) is 8.21. The lowest BCUT2D eigenvalue weighted by molar-refractivity contribution is -0.155. The zero-order valence-corrected chi connectivity index (χ0v) is 15.7. The Morgan fingerprint density at radius 1 is 1.07 bits per heavy atom. The molecule has 0 heterocycles. The van der Waals surface area contributed by atoms with E-state index in [-0.39, 0.29) is 0 Å². The van der Waals surface area contributed by atoms with Gasteiger partial charge in [0.2, 0.25) is 16.1 Å². The van der Waals surface area contributed by atoms with E-state index in [0.717, 1.165) is 18.2 Å². The van der Waals surface area contributed by atoms with Crippen molar-refractivity contribution in [3.8, 4) is 0 Å². The molecule has 1 atom stereocenters. The highest BCUT2D eigenvalue weighted by atomic mass is 32.2. The highest BCUT2D eigenvalue weighted by Gasteiger charge is 2.31. The number of hydrogen-bond acceptors (Lipinski definition) is 5. The molecule has 0 aliphatic carbocycles. The Morgan fingerprint density at radius 2 is 1.72 bits per heavy atom. The van der Waals surface area contributed by atoms with Crippen LogP contribution in [-0.2, 0) is 30.5 Å². The minimum atomic E-state index is -4.70. The maximum absolute atomic E-state index is 12.7. The molecule has 0 saturated heterocycles. The molecule has 11 heteroatoms. The number of sulfonamides is 1. The standard InChI is InChI=1S/C18H17F3N2O5S/c19-18(20,21)13-7-4-8-14(11-13)29(26,27)23-10-9-15(24)28-16(17(22)25)12-5-2-1-3-6-12/h1-8,11,16,23H,9-10H2,(H2,22,25). The van der Waals surface area contributed by atoms with Gasteiger partial charge in [0.15, 0.2) is 0 Å². The number of benzene rings is 2. The fourth-order valence-electron chi connectivity index (χ4n) is 2.32. The second-order valence-electron chi connectivity index (χ2n) is 5.86. The van der Waals surface area contributed by atoms with Crippen LogP contribution in [0.2, 0.25) is 0 Å². The number of hydrogen-bond donors (Lipinski definition) is 2. The van der Waals surface area contributed by atoms with Crippen LogP contribution in [-0.4, -0.2) is 26.8 Å². The minimum absolute atomic E-state index is 0.345. The lowest BCUT2D eigenvalue weighted by Gasteiger charge is -2.15. The van der Waals surface area contributed by atoms with Gasteiger partial charge in [-0.3, -0.25) is 9.59 Å². The van der Waals surface area contributed by atoms with Gasteiger partial charge in [0, 0.05) is 12.1 Å². The van der Waals surface area contributed by atoms with Gasteiger partial charge in [-0.25, -0.2) is 13.1 Å². The average Bonchev–Trinajstić information content (AvgIpc) is 2.66. The summed E-state index contributed by atoms with van der Waals surface area (Å²) in [5.74, 6) is -1.82. The van der Waals surface area contributed by atoms with Crippen LogP contribution in [0.4, 0.5) is 13.2 Å². The van der Waals surface area contributed by atoms with E-state index in [1.54, 1.807) is 18.2 Å². The van der Waals surface area contributed by atoms with Crippen molar-refractivity contribution in [2.24, 2.45) is 5.73 Å². The summed E-state index contributed by atoms with van der Waals surface area (Å²) >= 11 is 0. The quantitative estimate of drug-likeness (QED) is 0.623. The number of nitrogens with two attached hydrogens (primary N) is 1. The van der Waals surface area contributed by atoms with Crippen LogP contribution >= 0.6 is 0 Å². The van der Waals surface area contributed by atoms with Gasteiger partial charge < -0.3 is 10.5 Å². The molecule has 0 fully saturated rings. The molecule has 0 radical (unpaired) electrons. The lowest BCUT2D eigenvalue weighted by atomic mass is 10.1. The molecule has 2 aromatic rings. The molecule has 2 rings (SSSR count). The van der Waals surface area contributed by atoms with Crippen LogP contribution in [0.25, 0.3) is 0 Å². The Balaban J connectivity index is 1.98. The Kier molecular flexibility index (Phi) is 6.98. The highest BCUT2D eigenvalue weighted by molar-refractivity contribution is 7.89. The maximum Gasteiger partial charge on any atom is 0.416 e. The highest BCUT2D eigenvalue weighted by Crippen LogP contribution is 2.30. The van der Waals surface area contributed by atoms with Crippen LogP contribution in [0.3, 0.4) is 0 Å². The van der Waals surface area contributed by atoms with Gasteiger partial charge in [-0.05, 0) is 18.2 Å².